The highest BCUT2D eigenvalue weighted by Crippen LogP contribution is 2.29. The lowest BCUT2D eigenvalue weighted by Gasteiger charge is -2.35. The summed E-state index contributed by atoms with van der Waals surface area (Å²) in [4.78, 5) is 16.7. The number of fused-ring (bicyclic) bond motifs is 1. The van der Waals surface area contributed by atoms with Crippen molar-refractivity contribution in [3.8, 4) is 5.69 Å². The summed E-state index contributed by atoms with van der Waals surface area (Å²) in [5.41, 5.74) is 5.01. The largest absolute Gasteiger partial charge is 0.350 e. The van der Waals surface area contributed by atoms with Crippen molar-refractivity contribution in [2.24, 2.45) is 0 Å². The zero-order valence-corrected chi connectivity index (χ0v) is 19.6. The normalized spacial score (nSPS) is 13.9. The van der Waals surface area contributed by atoms with E-state index >= 15 is 0 Å². The minimum absolute atomic E-state index is 0.0140. The number of piperazine rings is 1. The molecule has 0 aliphatic carbocycles. The lowest BCUT2D eigenvalue weighted by Crippen LogP contribution is -2.52. The minimum atomic E-state index is -0.0140. The highest BCUT2D eigenvalue weighted by molar-refractivity contribution is 5.92. The molecular weight excluding hydrogens is 426 g/mol. The molecule has 0 bridgehead atoms. The second kappa shape index (κ2) is 9.51. The third kappa shape index (κ3) is 4.31. The third-order valence-corrected chi connectivity index (χ3v) is 6.38. The molecule has 8 heteroatoms. The van der Waals surface area contributed by atoms with Gasteiger partial charge in [-0.3, -0.25) is 0 Å². The molecule has 1 aliphatic heterocycles. The standard InChI is InChI=1S/C26H29N7O/c1-19-23-20(2)33(22-11-7-4-8-12-22)30-24(23)25(29-28-19)31-15-17-32(18-16-31)26(34)27-14-13-21-9-5-3-6-10-21/h3-12H,13-18H2,1-2H3,(H,27,34). The number of aryl methyl sites for hydroxylation is 2. The van der Waals surface area contributed by atoms with E-state index in [9.17, 15) is 4.79 Å². The fourth-order valence-corrected chi connectivity index (χ4v) is 4.54. The summed E-state index contributed by atoms with van der Waals surface area (Å²) in [5.74, 6) is 0.780. The Labute approximate surface area is 199 Å². The average Bonchev–Trinajstić information content (AvgIpc) is 3.23. The molecule has 1 N–H and O–H groups in total. The van der Waals surface area contributed by atoms with Gasteiger partial charge in [-0.15, -0.1) is 5.10 Å². The monoisotopic (exact) mass is 455 g/mol. The van der Waals surface area contributed by atoms with Crippen molar-refractivity contribution in [2.45, 2.75) is 20.3 Å². The number of urea groups is 1. The molecule has 1 saturated heterocycles. The summed E-state index contributed by atoms with van der Waals surface area (Å²) in [7, 11) is 0. The number of anilines is 1. The Hall–Kier alpha value is -3.94. The van der Waals surface area contributed by atoms with Crippen molar-refractivity contribution >= 4 is 22.8 Å². The number of nitrogens with zero attached hydrogens (tertiary/aromatic N) is 6. The number of para-hydroxylation sites is 1. The van der Waals surface area contributed by atoms with Gasteiger partial charge in [0, 0.05) is 32.7 Å². The van der Waals surface area contributed by atoms with Crippen molar-refractivity contribution in [1.82, 2.24) is 30.2 Å². The van der Waals surface area contributed by atoms with E-state index in [2.05, 4.69) is 39.5 Å². The summed E-state index contributed by atoms with van der Waals surface area (Å²) in [5, 5.41) is 18.0. The molecule has 0 atom stereocenters. The van der Waals surface area contributed by atoms with Crippen LogP contribution in [0.25, 0.3) is 16.6 Å². The van der Waals surface area contributed by atoms with Crippen LogP contribution in [-0.4, -0.2) is 63.6 Å². The van der Waals surface area contributed by atoms with Crippen molar-refractivity contribution < 1.29 is 4.79 Å². The maximum absolute atomic E-state index is 12.6. The average molecular weight is 456 g/mol. The van der Waals surface area contributed by atoms with Gasteiger partial charge in [-0.2, -0.15) is 10.2 Å². The predicted molar refractivity (Wildman–Crippen MR) is 133 cm³/mol. The van der Waals surface area contributed by atoms with Gasteiger partial charge in [0.05, 0.1) is 22.5 Å². The van der Waals surface area contributed by atoms with E-state index < -0.39 is 0 Å². The van der Waals surface area contributed by atoms with Crippen LogP contribution in [0.15, 0.2) is 60.7 Å². The van der Waals surface area contributed by atoms with Gasteiger partial charge in [0.1, 0.15) is 5.52 Å². The number of hydrogen-bond donors (Lipinski definition) is 1. The van der Waals surface area contributed by atoms with Crippen molar-refractivity contribution in [2.75, 3.05) is 37.6 Å². The molecular formula is C26H29N7O. The number of amides is 2. The molecule has 0 radical (unpaired) electrons. The second-order valence-corrected chi connectivity index (χ2v) is 8.61. The van der Waals surface area contributed by atoms with Crippen LogP contribution in [0.1, 0.15) is 17.0 Å². The summed E-state index contributed by atoms with van der Waals surface area (Å²) in [6.07, 6.45) is 0.826. The van der Waals surface area contributed by atoms with Crippen molar-refractivity contribution in [3.05, 3.63) is 77.6 Å². The Kier molecular flexibility index (Phi) is 6.12. The molecule has 2 amide bonds. The lowest BCUT2D eigenvalue weighted by molar-refractivity contribution is 0.194. The Morgan fingerprint density at radius 1 is 0.912 bits per heavy atom. The highest BCUT2D eigenvalue weighted by atomic mass is 16.2. The van der Waals surface area contributed by atoms with Gasteiger partial charge in [-0.25, -0.2) is 9.48 Å². The maximum Gasteiger partial charge on any atom is 0.317 e. The van der Waals surface area contributed by atoms with E-state index in [1.807, 2.05) is 65.0 Å². The molecule has 4 aromatic rings. The number of rotatable bonds is 5. The molecule has 1 aliphatic rings. The van der Waals surface area contributed by atoms with Crippen LogP contribution in [0.5, 0.6) is 0 Å². The summed E-state index contributed by atoms with van der Waals surface area (Å²) in [6.45, 7) is 7.31. The number of hydrogen-bond acceptors (Lipinski definition) is 5. The van der Waals surface area contributed by atoms with E-state index in [4.69, 9.17) is 5.10 Å². The van der Waals surface area contributed by atoms with E-state index in [1.54, 1.807) is 0 Å². The summed E-state index contributed by atoms with van der Waals surface area (Å²) in [6, 6.07) is 20.3. The van der Waals surface area contributed by atoms with Gasteiger partial charge in [0.15, 0.2) is 5.82 Å². The van der Waals surface area contributed by atoms with Gasteiger partial charge >= 0.3 is 6.03 Å². The quantitative estimate of drug-likeness (QED) is 0.498. The van der Waals surface area contributed by atoms with Gasteiger partial charge in [-0.05, 0) is 38.0 Å². The Morgan fingerprint density at radius 2 is 1.59 bits per heavy atom. The molecule has 5 rings (SSSR count). The first kappa shape index (κ1) is 21.9. The van der Waals surface area contributed by atoms with Crippen LogP contribution >= 0.6 is 0 Å². The smallest absolute Gasteiger partial charge is 0.317 e. The second-order valence-electron chi connectivity index (χ2n) is 8.61. The molecule has 3 heterocycles. The molecule has 0 spiro atoms. The summed E-state index contributed by atoms with van der Waals surface area (Å²) < 4.78 is 1.96. The lowest BCUT2D eigenvalue weighted by atomic mass is 10.1. The van der Waals surface area contributed by atoms with E-state index in [1.165, 1.54) is 5.56 Å². The third-order valence-electron chi connectivity index (χ3n) is 6.38. The summed E-state index contributed by atoms with van der Waals surface area (Å²) >= 11 is 0. The number of carbonyl (C=O) groups excluding carboxylic acids is 1. The number of aromatic nitrogens is 4. The fraction of sp³-hybridized carbons (Fsp3) is 0.308. The molecule has 34 heavy (non-hydrogen) atoms. The first-order valence-electron chi connectivity index (χ1n) is 11.7. The highest BCUT2D eigenvalue weighted by Gasteiger charge is 2.26. The number of benzene rings is 2. The number of carbonyl (C=O) groups is 1. The Balaban J connectivity index is 1.27. The molecule has 174 valence electrons. The molecule has 0 unspecified atom stereocenters. The van der Waals surface area contributed by atoms with Gasteiger partial charge in [0.25, 0.3) is 0 Å². The first-order valence-corrected chi connectivity index (χ1v) is 11.7. The van der Waals surface area contributed by atoms with E-state index in [-0.39, 0.29) is 6.03 Å². The molecule has 0 saturated carbocycles. The van der Waals surface area contributed by atoms with E-state index in [0.29, 0.717) is 32.7 Å². The Bertz CT molecular complexity index is 1280. The Morgan fingerprint density at radius 3 is 2.29 bits per heavy atom. The van der Waals surface area contributed by atoms with Crippen LogP contribution in [0.4, 0.5) is 10.6 Å². The molecule has 8 nitrogen and oxygen atoms in total. The van der Waals surface area contributed by atoms with Gasteiger partial charge < -0.3 is 15.1 Å². The molecule has 1 fully saturated rings. The number of nitrogens with one attached hydrogen (secondary N) is 1. The van der Waals surface area contributed by atoms with Gasteiger partial charge in [0.2, 0.25) is 0 Å². The predicted octanol–water partition coefficient (Wildman–Crippen LogP) is 3.51. The zero-order valence-electron chi connectivity index (χ0n) is 19.6. The minimum Gasteiger partial charge on any atom is -0.350 e. The van der Waals surface area contributed by atoms with E-state index in [0.717, 1.165) is 40.2 Å². The fourth-order valence-electron chi connectivity index (χ4n) is 4.54. The molecule has 2 aromatic carbocycles. The van der Waals surface area contributed by atoms with Crippen LogP contribution in [-0.2, 0) is 6.42 Å². The van der Waals surface area contributed by atoms with Crippen LogP contribution in [0.2, 0.25) is 0 Å². The first-order chi connectivity index (χ1) is 16.6. The van der Waals surface area contributed by atoms with Gasteiger partial charge in [-0.1, -0.05) is 48.5 Å². The van der Waals surface area contributed by atoms with Crippen molar-refractivity contribution in [3.63, 3.8) is 0 Å². The van der Waals surface area contributed by atoms with Crippen LogP contribution < -0.4 is 10.2 Å². The SMILES string of the molecule is Cc1nnc(N2CCN(C(=O)NCCc3ccccc3)CC2)c2nn(-c3ccccc3)c(C)c12. The van der Waals surface area contributed by atoms with Crippen LogP contribution in [0, 0.1) is 13.8 Å². The molecule has 2 aromatic heterocycles. The topological polar surface area (TPSA) is 79.2 Å². The maximum atomic E-state index is 12.6. The van der Waals surface area contributed by atoms with Crippen LogP contribution in [0.3, 0.4) is 0 Å². The zero-order chi connectivity index (χ0) is 23.5. The van der Waals surface area contributed by atoms with Crippen molar-refractivity contribution in [1.29, 1.82) is 0 Å².